The molecule has 3 heterocycles. The molecular weight excluding hydrogens is 332 g/mol. The highest BCUT2D eigenvalue weighted by atomic mass is 16.4. The number of carbonyl (C=O) groups excluding carboxylic acids is 1. The summed E-state index contributed by atoms with van der Waals surface area (Å²) in [7, 11) is 0. The zero-order chi connectivity index (χ0) is 18.5. The molecule has 7 heteroatoms. The van der Waals surface area contributed by atoms with Gasteiger partial charge in [-0.15, -0.1) is 0 Å². The number of nitrogens with zero attached hydrogens (tertiary/aromatic N) is 3. The molecule has 26 heavy (non-hydrogen) atoms. The predicted molar refractivity (Wildman–Crippen MR) is 99.2 cm³/mol. The molecule has 0 aromatic carbocycles. The minimum Gasteiger partial charge on any atom is -0.481 e. The van der Waals surface area contributed by atoms with Crippen molar-refractivity contribution in [3.63, 3.8) is 0 Å². The van der Waals surface area contributed by atoms with Crippen LogP contribution in [0.4, 0.5) is 5.82 Å². The van der Waals surface area contributed by atoms with Crippen LogP contribution in [0.25, 0.3) is 0 Å². The van der Waals surface area contributed by atoms with Crippen LogP contribution in [0.3, 0.4) is 0 Å². The van der Waals surface area contributed by atoms with Gasteiger partial charge in [-0.3, -0.25) is 14.5 Å². The molecule has 3 rings (SSSR count). The Bertz CT molecular complexity index is 658. The molecule has 1 amide bonds. The Kier molecular flexibility index (Phi) is 6.08. The first-order valence-electron chi connectivity index (χ1n) is 9.47. The molecule has 0 unspecified atom stereocenters. The van der Waals surface area contributed by atoms with E-state index >= 15 is 0 Å². The lowest BCUT2D eigenvalue weighted by molar-refractivity contribution is -0.140. The number of hydrogen-bond acceptors (Lipinski definition) is 5. The molecule has 0 bridgehead atoms. The van der Waals surface area contributed by atoms with Crippen LogP contribution in [0.2, 0.25) is 0 Å². The molecule has 0 spiro atoms. The normalized spacial score (nSPS) is 17.1. The highest BCUT2D eigenvalue weighted by Gasteiger charge is 2.32. The van der Waals surface area contributed by atoms with Crippen molar-refractivity contribution in [3.05, 3.63) is 23.4 Å². The SMILES string of the molecule is CC(=O)N(CCC(=O)O)C1CN(CCCc2ccc3c(n2)NCCC3)C1. The predicted octanol–water partition coefficient (Wildman–Crippen LogP) is 1.38. The molecule has 0 saturated carbocycles. The van der Waals surface area contributed by atoms with Crippen molar-refractivity contribution in [2.45, 2.75) is 45.1 Å². The average Bonchev–Trinajstić information content (AvgIpc) is 2.58. The Balaban J connectivity index is 1.39. The summed E-state index contributed by atoms with van der Waals surface area (Å²) in [4.78, 5) is 31.2. The van der Waals surface area contributed by atoms with Crippen molar-refractivity contribution < 1.29 is 14.7 Å². The maximum Gasteiger partial charge on any atom is 0.305 e. The summed E-state index contributed by atoms with van der Waals surface area (Å²) in [6, 6.07) is 4.48. The minimum absolute atomic E-state index is 0.00805. The molecule has 2 N–H and O–H groups in total. The fraction of sp³-hybridized carbons (Fsp3) is 0.632. The Morgan fingerprint density at radius 2 is 2.19 bits per heavy atom. The Morgan fingerprint density at radius 1 is 1.38 bits per heavy atom. The van der Waals surface area contributed by atoms with Gasteiger partial charge in [0.15, 0.2) is 0 Å². The molecule has 0 atom stereocenters. The number of aliphatic carboxylic acids is 1. The number of nitrogens with one attached hydrogen (secondary N) is 1. The molecule has 1 aromatic rings. The molecule has 0 aliphatic carbocycles. The fourth-order valence-corrected chi connectivity index (χ4v) is 3.73. The molecule has 1 fully saturated rings. The minimum atomic E-state index is -0.862. The molecule has 2 aliphatic rings. The monoisotopic (exact) mass is 360 g/mol. The van der Waals surface area contributed by atoms with Crippen molar-refractivity contribution in [2.24, 2.45) is 0 Å². The van der Waals surface area contributed by atoms with E-state index in [1.165, 1.54) is 18.9 Å². The number of pyridine rings is 1. The van der Waals surface area contributed by atoms with E-state index in [1.807, 2.05) is 0 Å². The number of carboxylic acid groups (broad SMARTS) is 1. The number of carboxylic acids is 1. The largest absolute Gasteiger partial charge is 0.481 e. The number of fused-ring (bicyclic) bond motifs is 1. The second-order valence-electron chi connectivity index (χ2n) is 7.21. The standard InChI is InChI=1S/C19H28N4O3/c1-14(24)23(11-8-18(25)26)17-12-22(13-17)10-3-5-16-7-6-15-4-2-9-20-19(15)21-16/h6-7,17H,2-5,8-13H2,1H3,(H,20,21)(H,25,26). The first-order valence-corrected chi connectivity index (χ1v) is 9.47. The maximum absolute atomic E-state index is 11.7. The van der Waals surface area contributed by atoms with Gasteiger partial charge in [-0.1, -0.05) is 6.07 Å². The van der Waals surface area contributed by atoms with Crippen LogP contribution in [0.1, 0.15) is 37.4 Å². The summed E-state index contributed by atoms with van der Waals surface area (Å²) in [5.74, 6) is 0.148. The third-order valence-electron chi connectivity index (χ3n) is 5.21. The molecule has 1 saturated heterocycles. The quantitative estimate of drug-likeness (QED) is 0.728. The van der Waals surface area contributed by atoms with Crippen molar-refractivity contribution >= 4 is 17.7 Å². The third-order valence-corrected chi connectivity index (χ3v) is 5.21. The van der Waals surface area contributed by atoms with Crippen molar-refractivity contribution in [1.29, 1.82) is 0 Å². The van der Waals surface area contributed by atoms with Crippen LogP contribution in [0.15, 0.2) is 12.1 Å². The summed E-state index contributed by atoms with van der Waals surface area (Å²) >= 11 is 0. The van der Waals surface area contributed by atoms with E-state index in [9.17, 15) is 9.59 Å². The van der Waals surface area contributed by atoms with E-state index in [0.717, 1.165) is 57.0 Å². The van der Waals surface area contributed by atoms with E-state index in [4.69, 9.17) is 10.1 Å². The van der Waals surface area contributed by atoms with Gasteiger partial charge in [0, 0.05) is 38.8 Å². The van der Waals surface area contributed by atoms with Crippen molar-refractivity contribution in [2.75, 3.05) is 38.0 Å². The lowest BCUT2D eigenvalue weighted by Crippen LogP contribution is -2.60. The number of aromatic nitrogens is 1. The van der Waals surface area contributed by atoms with Crippen LogP contribution in [0, 0.1) is 0 Å². The number of aryl methyl sites for hydroxylation is 2. The second kappa shape index (κ2) is 8.49. The Labute approximate surface area is 154 Å². The summed E-state index contributed by atoms with van der Waals surface area (Å²) in [6.45, 7) is 5.47. The van der Waals surface area contributed by atoms with Crippen molar-refractivity contribution in [1.82, 2.24) is 14.8 Å². The molecular formula is C19H28N4O3. The molecule has 0 radical (unpaired) electrons. The maximum atomic E-state index is 11.7. The van der Waals surface area contributed by atoms with Crippen LogP contribution >= 0.6 is 0 Å². The van der Waals surface area contributed by atoms with Gasteiger partial charge in [0.05, 0.1) is 12.5 Å². The van der Waals surface area contributed by atoms with Gasteiger partial charge in [0.2, 0.25) is 5.91 Å². The van der Waals surface area contributed by atoms with Gasteiger partial charge < -0.3 is 15.3 Å². The Morgan fingerprint density at radius 3 is 2.92 bits per heavy atom. The first-order chi connectivity index (χ1) is 12.5. The molecule has 142 valence electrons. The first kappa shape index (κ1) is 18.6. The number of hydrogen-bond donors (Lipinski definition) is 2. The van der Waals surface area contributed by atoms with Gasteiger partial charge in [-0.05, 0) is 43.9 Å². The molecule has 7 nitrogen and oxygen atoms in total. The van der Waals surface area contributed by atoms with Crippen LogP contribution in [0.5, 0.6) is 0 Å². The van der Waals surface area contributed by atoms with E-state index in [-0.39, 0.29) is 18.4 Å². The molecule has 2 aliphatic heterocycles. The summed E-state index contributed by atoms with van der Waals surface area (Å²) in [6.07, 6.45) is 4.28. The smallest absolute Gasteiger partial charge is 0.305 e. The van der Waals surface area contributed by atoms with Crippen LogP contribution < -0.4 is 5.32 Å². The van der Waals surface area contributed by atoms with Gasteiger partial charge >= 0.3 is 5.97 Å². The van der Waals surface area contributed by atoms with E-state index in [1.54, 1.807) is 4.90 Å². The number of anilines is 1. The summed E-state index contributed by atoms with van der Waals surface area (Å²) < 4.78 is 0. The molecule has 1 aromatic heterocycles. The zero-order valence-electron chi connectivity index (χ0n) is 15.4. The number of carbonyl (C=O) groups is 2. The number of likely N-dealkylation sites (tertiary alicyclic amines) is 1. The highest BCUT2D eigenvalue weighted by molar-refractivity contribution is 5.75. The van der Waals surface area contributed by atoms with Crippen LogP contribution in [-0.4, -0.2) is 70.5 Å². The number of amides is 1. The van der Waals surface area contributed by atoms with Crippen LogP contribution in [-0.2, 0) is 22.4 Å². The fourth-order valence-electron chi connectivity index (χ4n) is 3.73. The highest BCUT2D eigenvalue weighted by Crippen LogP contribution is 2.21. The van der Waals surface area contributed by atoms with E-state index < -0.39 is 5.97 Å². The lowest BCUT2D eigenvalue weighted by Gasteiger charge is -2.45. The topological polar surface area (TPSA) is 85.8 Å². The summed E-state index contributed by atoms with van der Waals surface area (Å²) in [5.41, 5.74) is 2.44. The zero-order valence-corrected chi connectivity index (χ0v) is 15.4. The Hall–Kier alpha value is -2.15. The second-order valence-corrected chi connectivity index (χ2v) is 7.21. The van der Waals surface area contributed by atoms with E-state index in [0.29, 0.717) is 6.54 Å². The lowest BCUT2D eigenvalue weighted by atomic mass is 10.0. The summed E-state index contributed by atoms with van der Waals surface area (Å²) in [5, 5.41) is 12.2. The van der Waals surface area contributed by atoms with E-state index in [2.05, 4.69) is 22.3 Å². The van der Waals surface area contributed by atoms with Gasteiger partial charge in [0.1, 0.15) is 5.82 Å². The van der Waals surface area contributed by atoms with Crippen molar-refractivity contribution in [3.8, 4) is 0 Å². The number of rotatable bonds is 8. The van der Waals surface area contributed by atoms with Gasteiger partial charge in [-0.2, -0.15) is 0 Å². The third kappa shape index (κ3) is 4.72. The van der Waals surface area contributed by atoms with Gasteiger partial charge in [-0.25, -0.2) is 4.98 Å². The van der Waals surface area contributed by atoms with Gasteiger partial charge in [0.25, 0.3) is 0 Å². The average molecular weight is 360 g/mol.